The summed E-state index contributed by atoms with van der Waals surface area (Å²) in [6.07, 6.45) is 6.91. The lowest BCUT2D eigenvalue weighted by Crippen LogP contribution is -2.34. The zero-order valence-corrected chi connectivity index (χ0v) is 17.3. The summed E-state index contributed by atoms with van der Waals surface area (Å²) in [7, 11) is 3.38. The second kappa shape index (κ2) is 8.70. The molecule has 5 nitrogen and oxygen atoms in total. The first-order valence-corrected chi connectivity index (χ1v) is 10.2. The van der Waals surface area contributed by atoms with Crippen molar-refractivity contribution in [1.29, 1.82) is 0 Å². The van der Waals surface area contributed by atoms with Gasteiger partial charge in [-0.2, -0.15) is 0 Å². The molecule has 0 saturated carbocycles. The maximum Gasteiger partial charge on any atom is 0.164 e. The predicted octanol–water partition coefficient (Wildman–Crippen LogP) is 4.69. The Balaban J connectivity index is 1.53. The van der Waals surface area contributed by atoms with Crippen LogP contribution in [0.1, 0.15) is 35.6 Å². The normalized spacial score (nSPS) is 17.4. The molecule has 0 aliphatic carbocycles. The molecule has 1 aromatic carbocycles. The summed E-state index contributed by atoms with van der Waals surface area (Å²) in [5.41, 5.74) is 4.64. The quantitative estimate of drug-likeness (QED) is 0.594. The van der Waals surface area contributed by atoms with Crippen molar-refractivity contribution in [3.05, 3.63) is 66.0 Å². The average Bonchev–Trinajstić information content (AvgIpc) is 3.18. The second-order valence-corrected chi connectivity index (χ2v) is 7.72. The Labute approximate surface area is 172 Å². The number of pyridine rings is 1. The highest BCUT2D eigenvalue weighted by Gasteiger charge is 2.23. The van der Waals surface area contributed by atoms with Crippen LogP contribution in [0, 0.1) is 0 Å². The van der Waals surface area contributed by atoms with E-state index in [0.717, 1.165) is 48.8 Å². The number of piperidine rings is 1. The number of methoxy groups -OCH3 is 2. The van der Waals surface area contributed by atoms with Crippen molar-refractivity contribution in [2.75, 3.05) is 27.3 Å². The standard InChI is InChI=1S/C24H29N3O2/c1-4-7-18-12-17(13-22(28-2)23(18)29-3)15-27-11-6-9-20(16-27)21-14-19-8-5-10-25-24(19)26-21/h4-5,8,10,12-14,20H,1,6-7,9,11,15-16H2,2-3H3,(H,25,26)/t20-/m1/s1. The fraction of sp³-hybridized carbons (Fsp3) is 0.375. The monoisotopic (exact) mass is 391 g/mol. The predicted molar refractivity (Wildman–Crippen MR) is 117 cm³/mol. The van der Waals surface area contributed by atoms with Crippen LogP contribution in [0.2, 0.25) is 0 Å². The van der Waals surface area contributed by atoms with Crippen molar-refractivity contribution in [3.63, 3.8) is 0 Å². The number of likely N-dealkylation sites (tertiary alicyclic amines) is 1. The van der Waals surface area contributed by atoms with Crippen LogP contribution in [0.15, 0.2) is 49.2 Å². The number of aromatic nitrogens is 2. The molecule has 152 valence electrons. The highest BCUT2D eigenvalue weighted by molar-refractivity contribution is 5.76. The number of ether oxygens (including phenoxy) is 2. The van der Waals surface area contributed by atoms with Gasteiger partial charge in [0.25, 0.3) is 0 Å². The van der Waals surface area contributed by atoms with Crippen LogP contribution in [-0.4, -0.2) is 42.2 Å². The van der Waals surface area contributed by atoms with Gasteiger partial charge < -0.3 is 14.5 Å². The molecule has 1 atom stereocenters. The van der Waals surface area contributed by atoms with E-state index in [1.165, 1.54) is 29.5 Å². The number of fused-ring (bicyclic) bond motifs is 1. The van der Waals surface area contributed by atoms with E-state index in [2.05, 4.69) is 45.7 Å². The maximum atomic E-state index is 5.59. The number of benzene rings is 1. The van der Waals surface area contributed by atoms with E-state index in [-0.39, 0.29) is 0 Å². The van der Waals surface area contributed by atoms with Gasteiger partial charge in [-0.25, -0.2) is 4.98 Å². The minimum atomic E-state index is 0.505. The summed E-state index contributed by atoms with van der Waals surface area (Å²) in [6, 6.07) is 10.7. The van der Waals surface area contributed by atoms with E-state index in [9.17, 15) is 0 Å². The van der Waals surface area contributed by atoms with Crippen LogP contribution in [-0.2, 0) is 13.0 Å². The van der Waals surface area contributed by atoms with E-state index in [0.29, 0.717) is 5.92 Å². The number of aromatic amines is 1. The van der Waals surface area contributed by atoms with E-state index < -0.39 is 0 Å². The fourth-order valence-corrected chi connectivity index (χ4v) is 4.42. The molecule has 0 amide bonds. The number of nitrogens with one attached hydrogen (secondary N) is 1. The van der Waals surface area contributed by atoms with Gasteiger partial charge in [0.2, 0.25) is 0 Å². The van der Waals surface area contributed by atoms with Crippen LogP contribution < -0.4 is 9.47 Å². The summed E-state index contributed by atoms with van der Waals surface area (Å²) >= 11 is 0. The zero-order chi connectivity index (χ0) is 20.2. The van der Waals surface area contributed by atoms with Crippen molar-refractivity contribution in [1.82, 2.24) is 14.9 Å². The Morgan fingerprint density at radius 3 is 2.93 bits per heavy atom. The smallest absolute Gasteiger partial charge is 0.164 e. The lowest BCUT2D eigenvalue weighted by molar-refractivity contribution is 0.198. The first-order chi connectivity index (χ1) is 14.2. The topological polar surface area (TPSA) is 50.4 Å². The number of hydrogen-bond acceptors (Lipinski definition) is 4. The van der Waals surface area contributed by atoms with Crippen molar-refractivity contribution < 1.29 is 9.47 Å². The number of hydrogen-bond donors (Lipinski definition) is 1. The second-order valence-electron chi connectivity index (χ2n) is 7.72. The minimum Gasteiger partial charge on any atom is -0.493 e. The van der Waals surface area contributed by atoms with Crippen LogP contribution in [0.4, 0.5) is 0 Å². The van der Waals surface area contributed by atoms with E-state index in [1.54, 1.807) is 14.2 Å². The Bertz CT molecular complexity index is 962. The third-order valence-corrected chi connectivity index (χ3v) is 5.74. The van der Waals surface area contributed by atoms with Crippen LogP contribution in [0.5, 0.6) is 11.5 Å². The molecule has 5 heteroatoms. The van der Waals surface area contributed by atoms with Gasteiger partial charge in [0.05, 0.1) is 14.2 Å². The largest absolute Gasteiger partial charge is 0.493 e. The molecule has 1 N–H and O–H groups in total. The van der Waals surface area contributed by atoms with Gasteiger partial charge in [-0.1, -0.05) is 12.1 Å². The minimum absolute atomic E-state index is 0.505. The van der Waals surface area contributed by atoms with Gasteiger partial charge in [0.15, 0.2) is 11.5 Å². The molecular formula is C24H29N3O2. The Hall–Kier alpha value is -2.79. The molecule has 29 heavy (non-hydrogen) atoms. The van der Waals surface area contributed by atoms with Gasteiger partial charge in [0.1, 0.15) is 5.65 Å². The van der Waals surface area contributed by atoms with E-state index >= 15 is 0 Å². The number of allylic oxidation sites excluding steroid dienone is 1. The van der Waals surface area contributed by atoms with Crippen molar-refractivity contribution >= 4 is 11.0 Å². The molecule has 0 bridgehead atoms. The van der Waals surface area contributed by atoms with Crippen molar-refractivity contribution in [3.8, 4) is 11.5 Å². The molecule has 2 aromatic heterocycles. The molecule has 4 rings (SSSR count). The highest BCUT2D eigenvalue weighted by Crippen LogP contribution is 2.35. The molecule has 0 spiro atoms. The molecule has 1 saturated heterocycles. The summed E-state index contributed by atoms with van der Waals surface area (Å²) in [5, 5.41) is 1.19. The number of nitrogens with zero attached hydrogens (tertiary/aromatic N) is 2. The maximum absolute atomic E-state index is 5.59. The highest BCUT2D eigenvalue weighted by atomic mass is 16.5. The molecule has 0 unspecified atom stereocenters. The Kier molecular flexibility index (Phi) is 5.86. The van der Waals surface area contributed by atoms with Gasteiger partial charge in [-0.15, -0.1) is 6.58 Å². The molecule has 1 aliphatic heterocycles. The van der Waals surface area contributed by atoms with Crippen LogP contribution in [0.3, 0.4) is 0 Å². The molecule has 0 radical (unpaired) electrons. The number of rotatable bonds is 7. The fourth-order valence-electron chi connectivity index (χ4n) is 4.42. The van der Waals surface area contributed by atoms with Gasteiger partial charge >= 0.3 is 0 Å². The summed E-state index contributed by atoms with van der Waals surface area (Å²) in [6.45, 7) is 6.93. The Morgan fingerprint density at radius 1 is 1.28 bits per heavy atom. The van der Waals surface area contributed by atoms with Gasteiger partial charge in [0, 0.05) is 41.8 Å². The molecular weight excluding hydrogens is 362 g/mol. The first-order valence-electron chi connectivity index (χ1n) is 10.2. The van der Waals surface area contributed by atoms with E-state index in [1.807, 2.05) is 18.3 Å². The molecule has 3 aromatic rings. The average molecular weight is 392 g/mol. The number of H-pyrrole nitrogens is 1. The third-order valence-electron chi connectivity index (χ3n) is 5.74. The summed E-state index contributed by atoms with van der Waals surface area (Å²) < 4.78 is 11.2. The molecule has 1 fully saturated rings. The van der Waals surface area contributed by atoms with Gasteiger partial charge in [-0.05, 0) is 55.6 Å². The molecule has 3 heterocycles. The third kappa shape index (κ3) is 4.15. The van der Waals surface area contributed by atoms with Crippen LogP contribution >= 0.6 is 0 Å². The molecule has 1 aliphatic rings. The van der Waals surface area contributed by atoms with Crippen molar-refractivity contribution in [2.45, 2.75) is 31.7 Å². The van der Waals surface area contributed by atoms with E-state index in [4.69, 9.17) is 9.47 Å². The van der Waals surface area contributed by atoms with Crippen molar-refractivity contribution in [2.24, 2.45) is 0 Å². The SMILES string of the molecule is C=CCc1cc(CN2CCC[C@@H](c3cc4cccnc4[nH]3)C2)cc(OC)c1OC. The zero-order valence-electron chi connectivity index (χ0n) is 17.3. The summed E-state index contributed by atoms with van der Waals surface area (Å²) in [5.74, 6) is 2.10. The first kappa shape index (κ1) is 19.5. The Morgan fingerprint density at radius 2 is 2.17 bits per heavy atom. The lowest BCUT2D eigenvalue weighted by atomic mass is 9.94. The summed E-state index contributed by atoms with van der Waals surface area (Å²) in [4.78, 5) is 10.5. The van der Waals surface area contributed by atoms with Gasteiger partial charge in [-0.3, -0.25) is 4.90 Å². The lowest BCUT2D eigenvalue weighted by Gasteiger charge is -2.32. The van der Waals surface area contributed by atoms with Crippen LogP contribution in [0.25, 0.3) is 11.0 Å².